The van der Waals surface area contributed by atoms with Gasteiger partial charge in [-0.25, -0.2) is 8.42 Å². The number of hydrogen-bond acceptors (Lipinski definition) is 6. The molecule has 0 bridgehead atoms. The fourth-order valence-electron chi connectivity index (χ4n) is 0.764. The second kappa shape index (κ2) is 4.87. The Labute approximate surface area is 91.1 Å². The Balaban J connectivity index is 0.000000281. The smallest absolute Gasteiger partial charge is 0.485 e. The summed E-state index contributed by atoms with van der Waals surface area (Å²) in [6, 6.07) is 0. The van der Waals surface area contributed by atoms with Gasteiger partial charge < -0.3 is 9.45 Å². The molecular weight excluding hydrogens is 251 g/mol. The van der Waals surface area contributed by atoms with E-state index in [4.69, 9.17) is 13.0 Å². The first-order chi connectivity index (χ1) is 6.95. The minimum Gasteiger partial charge on any atom is -0.741 e. The highest BCUT2D eigenvalue weighted by Gasteiger charge is 2.36. The maximum absolute atomic E-state index is 10.7. The summed E-state index contributed by atoms with van der Waals surface area (Å²) in [5.41, 5.74) is -5.65. The maximum Gasteiger partial charge on any atom is 0.485 e. The third-order valence-corrected chi connectivity index (χ3v) is 2.14. The van der Waals surface area contributed by atoms with E-state index >= 15 is 0 Å². The highest BCUT2D eigenvalue weighted by atomic mass is 32.2. The van der Waals surface area contributed by atoms with Crippen molar-refractivity contribution in [3.05, 3.63) is 0 Å². The molecule has 6 nitrogen and oxygen atoms in total. The minimum atomic E-state index is -6.09. The molecule has 1 rings (SSSR count). The van der Waals surface area contributed by atoms with Gasteiger partial charge in [-0.1, -0.05) is 0 Å². The largest absolute Gasteiger partial charge is 0.741 e. The summed E-state index contributed by atoms with van der Waals surface area (Å²) in [7, 11) is -2.09. The van der Waals surface area contributed by atoms with Gasteiger partial charge in [0.25, 0.3) is 0 Å². The first-order valence-electron chi connectivity index (χ1n) is 3.95. The van der Waals surface area contributed by atoms with Gasteiger partial charge in [-0.15, -0.1) is 0 Å². The Morgan fingerprint density at radius 2 is 1.75 bits per heavy atom. The zero-order valence-corrected chi connectivity index (χ0v) is 9.63. The Bertz CT molecular complexity index is 365. The molecule has 10 heteroatoms. The van der Waals surface area contributed by atoms with Crippen molar-refractivity contribution in [1.29, 1.82) is 0 Å². The van der Waals surface area contributed by atoms with Crippen molar-refractivity contribution in [1.82, 2.24) is 9.91 Å². The van der Waals surface area contributed by atoms with Crippen LogP contribution in [-0.2, 0) is 10.1 Å². The normalized spacial score (nSPS) is 16.8. The average Bonchev–Trinajstić information content (AvgIpc) is 2.26. The van der Waals surface area contributed by atoms with Crippen molar-refractivity contribution in [2.24, 2.45) is 5.10 Å². The molecular formula is C6H11F3N3O3S-. The maximum atomic E-state index is 10.7. The van der Waals surface area contributed by atoms with Gasteiger partial charge in [-0.2, -0.15) is 18.3 Å². The lowest BCUT2D eigenvalue weighted by atomic mass is 10.6. The van der Waals surface area contributed by atoms with Gasteiger partial charge in [0.15, 0.2) is 10.1 Å². The fourth-order valence-corrected chi connectivity index (χ4v) is 0.764. The van der Waals surface area contributed by atoms with Crippen LogP contribution in [0.25, 0.3) is 0 Å². The molecule has 1 aliphatic rings. The summed E-state index contributed by atoms with van der Waals surface area (Å²) in [5, 5.41) is 6.06. The molecule has 0 aromatic carbocycles. The number of halogens is 3. The molecule has 0 aromatic rings. The molecule has 0 atom stereocenters. The predicted molar refractivity (Wildman–Crippen MR) is 49.3 cm³/mol. The van der Waals surface area contributed by atoms with E-state index in [0.717, 1.165) is 12.5 Å². The number of hydrogen-bond donors (Lipinski definition) is 0. The van der Waals surface area contributed by atoms with Crippen molar-refractivity contribution in [2.45, 2.75) is 12.4 Å². The van der Waals surface area contributed by atoms with E-state index in [1.165, 1.54) is 0 Å². The third kappa shape index (κ3) is 4.66. The second-order valence-corrected chi connectivity index (χ2v) is 4.42. The predicted octanol–water partition coefficient (Wildman–Crippen LogP) is 0.206. The van der Waals surface area contributed by atoms with E-state index in [1.54, 1.807) is 0 Å². The van der Waals surface area contributed by atoms with Crippen molar-refractivity contribution in [3.8, 4) is 0 Å². The van der Waals surface area contributed by atoms with Crippen LogP contribution in [0.5, 0.6) is 0 Å². The van der Waals surface area contributed by atoms with Crippen molar-refractivity contribution in [2.75, 3.05) is 20.8 Å². The lowest BCUT2D eigenvalue weighted by Crippen LogP contribution is -2.23. The van der Waals surface area contributed by atoms with Gasteiger partial charge in [0.1, 0.15) is 12.5 Å². The van der Waals surface area contributed by atoms with Crippen LogP contribution in [0.15, 0.2) is 5.10 Å². The SMILES string of the molecule is CC1=NN(C)CN1C.O=S(=O)([O-])C(F)(F)F. The summed E-state index contributed by atoms with van der Waals surface area (Å²) < 4.78 is 58.9. The van der Waals surface area contributed by atoms with E-state index < -0.39 is 15.6 Å². The summed E-state index contributed by atoms with van der Waals surface area (Å²) in [6.45, 7) is 2.93. The summed E-state index contributed by atoms with van der Waals surface area (Å²) >= 11 is 0. The summed E-state index contributed by atoms with van der Waals surface area (Å²) in [6.07, 6.45) is 0. The van der Waals surface area contributed by atoms with Crippen molar-refractivity contribution >= 4 is 16.0 Å². The lowest BCUT2D eigenvalue weighted by molar-refractivity contribution is -0.0517. The van der Waals surface area contributed by atoms with Crippen molar-refractivity contribution < 1.29 is 26.1 Å². The molecule has 0 fully saturated rings. The van der Waals surface area contributed by atoms with Crippen LogP contribution in [0.1, 0.15) is 6.92 Å². The number of alkyl halides is 3. The monoisotopic (exact) mass is 262 g/mol. The molecule has 0 aliphatic carbocycles. The molecule has 0 saturated carbocycles. The number of hydrazone groups is 1. The van der Waals surface area contributed by atoms with Gasteiger partial charge in [-0.3, -0.25) is 5.01 Å². The number of amidine groups is 1. The molecule has 0 unspecified atom stereocenters. The first kappa shape index (κ1) is 15.0. The zero-order valence-electron chi connectivity index (χ0n) is 8.82. The van der Waals surface area contributed by atoms with Crippen LogP contribution in [0.3, 0.4) is 0 Å². The summed E-state index contributed by atoms with van der Waals surface area (Å²) in [4.78, 5) is 2.10. The lowest BCUT2D eigenvalue weighted by Gasteiger charge is -2.10. The topological polar surface area (TPSA) is 76.0 Å². The first-order valence-corrected chi connectivity index (χ1v) is 5.35. The Morgan fingerprint density at radius 3 is 1.81 bits per heavy atom. The van der Waals surface area contributed by atoms with Crippen LogP contribution in [0.2, 0.25) is 0 Å². The van der Waals surface area contributed by atoms with Gasteiger partial charge in [-0.05, 0) is 6.92 Å². The van der Waals surface area contributed by atoms with E-state index in [1.807, 2.05) is 26.0 Å². The van der Waals surface area contributed by atoms with Gasteiger partial charge >= 0.3 is 5.51 Å². The van der Waals surface area contributed by atoms with E-state index in [-0.39, 0.29) is 0 Å². The standard InChI is InChI=1S/C5H11N3.CHF3O3S/c1-5-6-8(3)4-7(5)2;2-1(3,4)8(5,6)7/h4H2,1-3H3;(H,5,6,7)/p-1. The van der Waals surface area contributed by atoms with Gasteiger partial charge in [0.05, 0.1) is 0 Å². The van der Waals surface area contributed by atoms with Crippen molar-refractivity contribution in [3.63, 3.8) is 0 Å². The second-order valence-electron chi connectivity index (χ2n) is 3.04. The molecule has 0 amide bonds. The minimum absolute atomic E-state index is 0.922. The molecule has 1 aliphatic heterocycles. The van der Waals surface area contributed by atoms with E-state index in [9.17, 15) is 13.2 Å². The van der Waals surface area contributed by atoms with E-state index in [2.05, 4.69) is 10.0 Å². The van der Waals surface area contributed by atoms with Gasteiger partial charge in [0.2, 0.25) is 0 Å². The highest BCUT2D eigenvalue weighted by Crippen LogP contribution is 2.20. The average molecular weight is 262 g/mol. The fraction of sp³-hybridized carbons (Fsp3) is 0.833. The number of rotatable bonds is 0. The van der Waals surface area contributed by atoms with E-state index in [0.29, 0.717) is 0 Å². The van der Waals surface area contributed by atoms with Crippen LogP contribution in [0.4, 0.5) is 13.2 Å². The van der Waals surface area contributed by atoms with Crippen LogP contribution < -0.4 is 0 Å². The van der Waals surface area contributed by atoms with Crippen LogP contribution in [-0.4, -0.2) is 55.0 Å². The molecule has 0 N–H and O–H groups in total. The third-order valence-electron chi connectivity index (χ3n) is 1.57. The Hall–Kier alpha value is -1.03. The Morgan fingerprint density at radius 1 is 1.38 bits per heavy atom. The molecule has 0 saturated heterocycles. The Kier molecular flexibility index (Phi) is 4.56. The zero-order chi connectivity index (χ0) is 13.1. The van der Waals surface area contributed by atoms with Crippen LogP contribution >= 0.6 is 0 Å². The quantitative estimate of drug-likeness (QED) is 0.460. The molecule has 0 radical (unpaired) electrons. The molecule has 1 heterocycles. The van der Waals surface area contributed by atoms with Crippen LogP contribution in [0, 0.1) is 0 Å². The molecule has 16 heavy (non-hydrogen) atoms. The summed E-state index contributed by atoms with van der Waals surface area (Å²) in [5.74, 6) is 1.09. The molecule has 0 spiro atoms. The molecule has 96 valence electrons. The molecule has 0 aromatic heterocycles. The number of nitrogens with zero attached hydrogens (tertiary/aromatic N) is 3. The van der Waals surface area contributed by atoms with Gasteiger partial charge in [0, 0.05) is 14.1 Å². The highest BCUT2D eigenvalue weighted by molar-refractivity contribution is 7.86.